The molecular formula is C13H15N3O. The summed E-state index contributed by atoms with van der Waals surface area (Å²) >= 11 is 0. The second kappa shape index (κ2) is 4.82. The number of rotatable bonds is 3. The molecule has 0 fully saturated rings. The summed E-state index contributed by atoms with van der Waals surface area (Å²) in [6.45, 7) is 4.10. The van der Waals surface area contributed by atoms with Crippen molar-refractivity contribution in [3.63, 3.8) is 0 Å². The lowest BCUT2D eigenvalue weighted by Crippen LogP contribution is -2.20. The number of carbonyl (C=O) groups excluding carboxylic acids is 1. The Hall–Kier alpha value is -2.10. The van der Waals surface area contributed by atoms with E-state index < -0.39 is 0 Å². The highest BCUT2D eigenvalue weighted by atomic mass is 16.2. The third kappa shape index (κ3) is 2.93. The highest BCUT2D eigenvalue weighted by molar-refractivity contribution is 5.90. The number of hydrogen-bond acceptors (Lipinski definition) is 2. The average molecular weight is 229 g/mol. The van der Waals surface area contributed by atoms with Gasteiger partial charge in [0, 0.05) is 11.4 Å². The van der Waals surface area contributed by atoms with Gasteiger partial charge < -0.3 is 5.32 Å². The Kier molecular flexibility index (Phi) is 3.23. The van der Waals surface area contributed by atoms with Gasteiger partial charge in [-0.2, -0.15) is 5.10 Å². The van der Waals surface area contributed by atoms with Gasteiger partial charge >= 0.3 is 0 Å². The summed E-state index contributed by atoms with van der Waals surface area (Å²) in [7, 11) is 0. The van der Waals surface area contributed by atoms with Gasteiger partial charge in [0.05, 0.1) is 5.69 Å². The lowest BCUT2D eigenvalue weighted by molar-refractivity contribution is -0.116. The minimum atomic E-state index is -0.0672. The van der Waals surface area contributed by atoms with Crippen molar-refractivity contribution in [3.8, 4) is 0 Å². The Balaban J connectivity index is 2.01. The summed E-state index contributed by atoms with van der Waals surface area (Å²) < 4.78 is 1.70. The van der Waals surface area contributed by atoms with Gasteiger partial charge in [0.1, 0.15) is 6.54 Å². The third-order valence-corrected chi connectivity index (χ3v) is 2.45. The molecule has 0 bridgehead atoms. The predicted octanol–water partition coefficient (Wildman–Crippen LogP) is 2.14. The maximum absolute atomic E-state index is 11.8. The van der Waals surface area contributed by atoms with Gasteiger partial charge in [-0.25, -0.2) is 0 Å². The van der Waals surface area contributed by atoms with Gasteiger partial charge in [0.25, 0.3) is 0 Å². The number of nitrogens with zero attached hydrogens (tertiary/aromatic N) is 2. The minimum Gasteiger partial charge on any atom is -0.324 e. The van der Waals surface area contributed by atoms with Gasteiger partial charge in [0.2, 0.25) is 5.91 Å². The second-order valence-electron chi connectivity index (χ2n) is 4.00. The summed E-state index contributed by atoms with van der Waals surface area (Å²) in [5, 5.41) is 7.07. The zero-order valence-corrected chi connectivity index (χ0v) is 9.97. The first-order valence-corrected chi connectivity index (χ1v) is 5.51. The molecule has 0 radical (unpaired) electrons. The van der Waals surface area contributed by atoms with E-state index in [0.717, 1.165) is 17.1 Å². The Labute approximate surface area is 100 Å². The van der Waals surface area contributed by atoms with Crippen LogP contribution in [0.15, 0.2) is 36.4 Å². The molecule has 88 valence electrons. The molecule has 4 heteroatoms. The molecule has 1 aromatic carbocycles. The minimum absolute atomic E-state index is 0.0672. The van der Waals surface area contributed by atoms with E-state index in [-0.39, 0.29) is 12.5 Å². The molecule has 0 aliphatic heterocycles. The number of nitrogens with one attached hydrogen (secondary N) is 1. The van der Waals surface area contributed by atoms with E-state index in [0.29, 0.717) is 0 Å². The van der Waals surface area contributed by atoms with Crippen LogP contribution in [0.25, 0.3) is 0 Å². The molecule has 0 spiro atoms. The lowest BCUT2D eigenvalue weighted by atomic mass is 10.3. The number of hydrogen-bond donors (Lipinski definition) is 1. The molecule has 0 saturated carbocycles. The fourth-order valence-electron chi connectivity index (χ4n) is 1.69. The van der Waals surface area contributed by atoms with Gasteiger partial charge in [-0.05, 0) is 32.0 Å². The third-order valence-electron chi connectivity index (χ3n) is 2.45. The monoisotopic (exact) mass is 229 g/mol. The molecule has 0 saturated heterocycles. The average Bonchev–Trinajstić information content (AvgIpc) is 2.58. The maximum Gasteiger partial charge on any atom is 0.246 e. The van der Waals surface area contributed by atoms with Crippen molar-refractivity contribution in [1.29, 1.82) is 0 Å². The largest absolute Gasteiger partial charge is 0.324 e. The molecule has 1 amide bonds. The molecule has 4 nitrogen and oxygen atoms in total. The molecule has 1 N–H and O–H groups in total. The smallest absolute Gasteiger partial charge is 0.246 e. The van der Waals surface area contributed by atoms with Crippen molar-refractivity contribution in [1.82, 2.24) is 9.78 Å². The van der Waals surface area contributed by atoms with E-state index in [2.05, 4.69) is 10.4 Å². The summed E-state index contributed by atoms with van der Waals surface area (Å²) in [6, 6.07) is 11.4. The van der Waals surface area contributed by atoms with E-state index in [1.54, 1.807) is 4.68 Å². The summed E-state index contributed by atoms with van der Waals surface area (Å²) in [6.07, 6.45) is 0. The van der Waals surface area contributed by atoms with Gasteiger partial charge in [-0.15, -0.1) is 0 Å². The zero-order chi connectivity index (χ0) is 12.3. The van der Waals surface area contributed by atoms with Gasteiger partial charge in [0.15, 0.2) is 0 Å². The van der Waals surface area contributed by atoms with Crippen molar-refractivity contribution in [2.75, 3.05) is 5.32 Å². The van der Waals surface area contributed by atoms with Crippen LogP contribution in [0, 0.1) is 13.8 Å². The van der Waals surface area contributed by atoms with E-state index in [1.807, 2.05) is 50.2 Å². The van der Waals surface area contributed by atoms with Crippen LogP contribution in [-0.4, -0.2) is 15.7 Å². The number of amides is 1. The standard InChI is InChI=1S/C13H15N3O/c1-10-8-11(2)16(15-10)9-13(17)14-12-6-4-3-5-7-12/h3-8H,9H2,1-2H3,(H,14,17). The topological polar surface area (TPSA) is 46.9 Å². The van der Waals surface area contributed by atoms with E-state index >= 15 is 0 Å². The zero-order valence-electron chi connectivity index (χ0n) is 9.97. The Morgan fingerprint density at radius 2 is 2.00 bits per heavy atom. The predicted molar refractivity (Wildman–Crippen MR) is 66.8 cm³/mol. The van der Waals surface area contributed by atoms with Crippen molar-refractivity contribution < 1.29 is 4.79 Å². The number of aryl methyl sites for hydroxylation is 2. The summed E-state index contributed by atoms with van der Waals surface area (Å²) in [4.78, 5) is 11.8. The highest BCUT2D eigenvalue weighted by Gasteiger charge is 2.06. The van der Waals surface area contributed by atoms with E-state index in [9.17, 15) is 4.79 Å². The van der Waals surface area contributed by atoms with Crippen LogP contribution in [0.4, 0.5) is 5.69 Å². The molecule has 2 aromatic rings. The Morgan fingerprint density at radius 3 is 2.59 bits per heavy atom. The SMILES string of the molecule is Cc1cc(C)n(CC(=O)Nc2ccccc2)n1. The molecule has 0 atom stereocenters. The van der Waals surface area contributed by atoms with Crippen LogP contribution in [0.1, 0.15) is 11.4 Å². The quantitative estimate of drug-likeness (QED) is 0.876. The van der Waals surface area contributed by atoms with Crippen molar-refractivity contribution in [2.24, 2.45) is 0 Å². The molecule has 1 aromatic heterocycles. The second-order valence-corrected chi connectivity index (χ2v) is 4.00. The number of benzene rings is 1. The van der Waals surface area contributed by atoms with Crippen LogP contribution >= 0.6 is 0 Å². The maximum atomic E-state index is 11.8. The van der Waals surface area contributed by atoms with Crippen LogP contribution in [-0.2, 0) is 11.3 Å². The van der Waals surface area contributed by atoms with Gasteiger partial charge in [-0.3, -0.25) is 9.48 Å². The van der Waals surface area contributed by atoms with Gasteiger partial charge in [-0.1, -0.05) is 18.2 Å². The normalized spacial score (nSPS) is 10.2. The lowest BCUT2D eigenvalue weighted by Gasteiger charge is -2.06. The molecular weight excluding hydrogens is 214 g/mol. The Morgan fingerprint density at radius 1 is 1.29 bits per heavy atom. The fourth-order valence-corrected chi connectivity index (χ4v) is 1.69. The first-order valence-electron chi connectivity index (χ1n) is 5.51. The van der Waals surface area contributed by atoms with Crippen molar-refractivity contribution in [3.05, 3.63) is 47.8 Å². The molecule has 0 aliphatic rings. The number of carbonyl (C=O) groups is 1. The Bertz CT molecular complexity index is 517. The van der Waals surface area contributed by atoms with E-state index in [4.69, 9.17) is 0 Å². The van der Waals surface area contributed by atoms with Crippen LogP contribution in [0.3, 0.4) is 0 Å². The number of anilines is 1. The van der Waals surface area contributed by atoms with Crippen molar-refractivity contribution >= 4 is 11.6 Å². The molecule has 0 unspecified atom stereocenters. The first-order chi connectivity index (χ1) is 8.15. The van der Waals surface area contributed by atoms with Crippen molar-refractivity contribution in [2.45, 2.75) is 20.4 Å². The van der Waals surface area contributed by atoms with Crippen LogP contribution in [0.5, 0.6) is 0 Å². The summed E-state index contributed by atoms with van der Waals surface area (Å²) in [5.41, 5.74) is 2.72. The fraction of sp³-hybridized carbons (Fsp3) is 0.231. The summed E-state index contributed by atoms with van der Waals surface area (Å²) in [5.74, 6) is -0.0672. The highest BCUT2D eigenvalue weighted by Crippen LogP contribution is 2.06. The molecule has 1 heterocycles. The molecule has 17 heavy (non-hydrogen) atoms. The number of aromatic nitrogens is 2. The van der Waals surface area contributed by atoms with E-state index in [1.165, 1.54) is 0 Å². The number of para-hydroxylation sites is 1. The van der Waals surface area contributed by atoms with Crippen LogP contribution in [0.2, 0.25) is 0 Å². The first kappa shape index (κ1) is 11.4. The molecule has 0 aliphatic carbocycles. The van der Waals surface area contributed by atoms with Crippen LogP contribution < -0.4 is 5.32 Å². The molecule has 2 rings (SSSR count).